The minimum atomic E-state index is 0.0667. The monoisotopic (exact) mass is 333 g/mol. The van der Waals surface area contributed by atoms with Gasteiger partial charge in [0.1, 0.15) is 0 Å². The highest BCUT2D eigenvalue weighted by molar-refractivity contribution is 6.36. The highest BCUT2D eigenvalue weighted by atomic mass is 35.5. The van der Waals surface area contributed by atoms with Crippen LogP contribution in [-0.2, 0) is 17.6 Å². The molecular weight excluding hydrogens is 317 g/mol. The molecule has 0 spiro atoms. The van der Waals surface area contributed by atoms with Crippen LogP contribution in [-0.4, -0.2) is 17.4 Å². The van der Waals surface area contributed by atoms with E-state index < -0.39 is 0 Å². The molecule has 0 fully saturated rings. The molecule has 0 radical (unpaired) electrons. The van der Waals surface area contributed by atoms with Gasteiger partial charge >= 0.3 is 0 Å². The van der Waals surface area contributed by atoms with Gasteiger partial charge in [-0.1, -0.05) is 53.5 Å². The van der Waals surface area contributed by atoms with E-state index in [0.29, 0.717) is 15.6 Å². The predicted octanol–water partition coefficient (Wildman–Crippen LogP) is 4.68. The van der Waals surface area contributed by atoms with Crippen LogP contribution < -0.4 is 0 Å². The largest absolute Gasteiger partial charge is 0.335 e. The van der Waals surface area contributed by atoms with Crippen LogP contribution in [0.15, 0.2) is 42.5 Å². The number of rotatable bonds is 2. The summed E-state index contributed by atoms with van der Waals surface area (Å²) >= 11 is 12.3. The van der Waals surface area contributed by atoms with Crippen molar-refractivity contribution in [1.29, 1.82) is 0 Å². The Kier molecular flexibility index (Phi) is 4.42. The molecule has 2 nitrogen and oxygen atoms in total. The molecule has 4 heteroatoms. The molecule has 22 heavy (non-hydrogen) atoms. The summed E-state index contributed by atoms with van der Waals surface area (Å²) in [5.41, 5.74) is 3.27. The summed E-state index contributed by atoms with van der Waals surface area (Å²) in [7, 11) is 0. The fourth-order valence-corrected chi connectivity index (χ4v) is 3.60. The molecule has 0 saturated heterocycles. The van der Waals surface area contributed by atoms with Gasteiger partial charge < -0.3 is 4.90 Å². The van der Waals surface area contributed by atoms with Crippen molar-refractivity contribution in [2.24, 2.45) is 0 Å². The molecule has 0 N–H and O–H groups in total. The van der Waals surface area contributed by atoms with Gasteiger partial charge in [-0.15, -0.1) is 0 Å². The predicted molar refractivity (Wildman–Crippen MR) is 90.4 cm³/mol. The van der Waals surface area contributed by atoms with Gasteiger partial charge in [-0.3, -0.25) is 4.79 Å². The first-order valence-electron chi connectivity index (χ1n) is 7.38. The molecule has 2 aromatic carbocycles. The van der Waals surface area contributed by atoms with Gasteiger partial charge in [0, 0.05) is 16.6 Å². The van der Waals surface area contributed by atoms with Crippen molar-refractivity contribution in [2.45, 2.75) is 25.8 Å². The highest BCUT2D eigenvalue weighted by Gasteiger charge is 2.27. The number of carbonyl (C=O) groups excluding carboxylic acids is 1. The fourth-order valence-electron chi connectivity index (χ4n) is 3.07. The van der Waals surface area contributed by atoms with Gasteiger partial charge in [0.05, 0.1) is 12.5 Å². The fraction of sp³-hybridized carbons (Fsp3) is 0.278. The number of hydrogen-bond acceptors (Lipinski definition) is 1. The Morgan fingerprint density at radius 3 is 2.55 bits per heavy atom. The summed E-state index contributed by atoms with van der Waals surface area (Å²) in [6, 6.07) is 13.7. The molecule has 1 heterocycles. The summed E-state index contributed by atoms with van der Waals surface area (Å²) in [5.74, 6) is 0.0667. The maximum Gasteiger partial charge on any atom is 0.227 e. The maximum absolute atomic E-state index is 12.7. The van der Waals surface area contributed by atoms with Gasteiger partial charge in [0.15, 0.2) is 0 Å². The molecule has 2 aromatic rings. The number of fused-ring (bicyclic) bond motifs is 1. The molecule has 114 valence electrons. The Balaban J connectivity index is 1.82. The van der Waals surface area contributed by atoms with Crippen LogP contribution >= 0.6 is 23.2 Å². The quantitative estimate of drug-likeness (QED) is 0.781. The summed E-state index contributed by atoms with van der Waals surface area (Å²) < 4.78 is 0. The number of halogens is 2. The molecule has 1 amide bonds. The zero-order valence-corrected chi connectivity index (χ0v) is 13.9. The van der Waals surface area contributed by atoms with E-state index >= 15 is 0 Å². The Bertz CT molecular complexity index is 694. The number of amides is 1. The molecule has 3 rings (SSSR count). The van der Waals surface area contributed by atoms with E-state index in [9.17, 15) is 4.79 Å². The van der Waals surface area contributed by atoms with Gasteiger partial charge in [0.2, 0.25) is 5.91 Å². The molecule has 0 aromatic heterocycles. The third kappa shape index (κ3) is 2.86. The van der Waals surface area contributed by atoms with Crippen molar-refractivity contribution in [3.63, 3.8) is 0 Å². The molecular formula is C18H17Cl2NO. The van der Waals surface area contributed by atoms with Gasteiger partial charge in [-0.2, -0.15) is 0 Å². The second-order valence-corrected chi connectivity index (χ2v) is 6.40. The van der Waals surface area contributed by atoms with E-state index in [2.05, 4.69) is 19.1 Å². The van der Waals surface area contributed by atoms with Crippen LogP contribution in [0.1, 0.15) is 29.7 Å². The van der Waals surface area contributed by atoms with Crippen LogP contribution in [0.4, 0.5) is 0 Å². The molecule has 0 aliphatic carbocycles. The van der Waals surface area contributed by atoms with Crippen LogP contribution in [0.5, 0.6) is 0 Å². The van der Waals surface area contributed by atoms with Gasteiger partial charge in [0.25, 0.3) is 0 Å². The lowest BCUT2D eigenvalue weighted by Gasteiger charge is -2.35. The van der Waals surface area contributed by atoms with E-state index in [-0.39, 0.29) is 18.4 Å². The van der Waals surface area contributed by atoms with E-state index in [1.165, 1.54) is 11.1 Å². The van der Waals surface area contributed by atoms with Crippen LogP contribution in [0.2, 0.25) is 10.0 Å². The van der Waals surface area contributed by atoms with E-state index in [1.54, 1.807) is 18.2 Å². The number of benzene rings is 2. The minimum absolute atomic E-state index is 0.0667. The second kappa shape index (κ2) is 6.31. The van der Waals surface area contributed by atoms with E-state index in [0.717, 1.165) is 13.0 Å². The summed E-state index contributed by atoms with van der Waals surface area (Å²) in [4.78, 5) is 14.6. The van der Waals surface area contributed by atoms with Crippen LogP contribution in [0, 0.1) is 0 Å². The van der Waals surface area contributed by atoms with Gasteiger partial charge in [-0.05, 0) is 42.2 Å². The molecule has 0 bridgehead atoms. The SMILES string of the molecule is CC1c2ccccc2CCN1C(=O)Cc1c(Cl)cccc1Cl. The minimum Gasteiger partial charge on any atom is -0.335 e. The summed E-state index contributed by atoms with van der Waals surface area (Å²) in [6.07, 6.45) is 1.13. The van der Waals surface area contributed by atoms with Crippen molar-refractivity contribution >= 4 is 29.1 Å². The van der Waals surface area contributed by atoms with Crippen molar-refractivity contribution in [3.8, 4) is 0 Å². The Morgan fingerprint density at radius 2 is 1.82 bits per heavy atom. The highest BCUT2D eigenvalue weighted by Crippen LogP contribution is 2.31. The van der Waals surface area contributed by atoms with E-state index in [4.69, 9.17) is 23.2 Å². The van der Waals surface area contributed by atoms with Gasteiger partial charge in [-0.25, -0.2) is 0 Å². The lowest BCUT2D eigenvalue weighted by atomic mass is 9.93. The Labute approximate surface area is 140 Å². The van der Waals surface area contributed by atoms with E-state index in [1.807, 2.05) is 17.0 Å². The topological polar surface area (TPSA) is 20.3 Å². The third-order valence-corrected chi connectivity index (χ3v) is 5.01. The van der Waals surface area contributed by atoms with Crippen molar-refractivity contribution in [2.75, 3.05) is 6.54 Å². The Morgan fingerprint density at radius 1 is 1.14 bits per heavy atom. The first kappa shape index (κ1) is 15.4. The molecule has 1 aliphatic rings. The molecule has 1 atom stereocenters. The van der Waals surface area contributed by atoms with Crippen LogP contribution in [0.3, 0.4) is 0 Å². The number of hydrogen-bond donors (Lipinski definition) is 0. The Hall–Kier alpha value is -1.51. The lowest BCUT2D eigenvalue weighted by Crippen LogP contribution is -2.39. The zero-order valence-electron chi connectivity index (χ0n) is 12.4. The summed E-state index contributed by atoms with van der Waals surface area (Å²) in [6.45, 7) is 2.81. The standard InChI is InChI=1S/C18H17Cl2NO/c1-12-14-6-3-2-5-13(14)9-10-21(12)18(22)11-15-16(19)7-4-8-17(15)20/h2-8,12H,9-11H2,1H3. The van der Waals surface area contributed by atoms with Crippen molar-refractivity contribution < 1.29 is 4.79 Å². The first-order chi connectivity index (χ1) is 10.6. The maximum atomic E-state index is 12.7. The average molecular weight is 334 g/mol. The normalized spacial score (nSPS) is 17.2. The van der Waals surface area contributed by atoms with Crippen LogP contribution in [0.25, 0.3) is 0 Å². The molecule has 1 aliphatic heterocycles. The molecule has 1 unspecified atom stereocenters. The van der Waals surface area contributed by atoms with Crippen molar-refractivity contribution in [3.05, 3.63) is 69.2 Å². The zero-order chi connectivity index (χ0) is 15.7. The third-order valence-electron chi connectivity index (χ3n) is 4.30. The first-order valence-corrected chi connectivity index (χ1v) is 8.13. The second-order valence-electron chi connectivity index (χ2n) is 5.59. The number of nitrogens with zero attached hydrogens (tertiary/aromatic N) is 1. The lowest BCUT2D eigenvalue weighted by molar-refractivity contribution is -0.133. The average Bonchev–Trinajstić information content (AvgIpc) is 2.51. The summed E-state index contributed by atoms with van der Waals surface area (Å²) in [5, 5.41) is 1.09. The smallest absolute Gasteiger partial charge is 0.227 e. The molecule has 0 saturated carbocycles. The number of carbonyl (C=O) groups is 1. The van der Waals surface area contributed by atoms with Crippen molar-refractivity contribution in [1.82, 2.24) is 4.90 Å².